The van der Waals surface area contributed by atoms with Crippen LogP contribution in [0.3, 0.4) is 0 Å². The Kier molecular flexibility index (Phi) is 6.87. The van der Waals surface area contributed by atoms with E-state index in [1.165, 1.54) is 12.7 Å². The largest absolute Gasteiger partial charge is 0.339 e. The quantitative estimate of drug-likeness (QED) is 0.707. The van der Waals surface area contributed by atoms with Crippen LogP contribution in [0.25, 0.3) is 0 Å². The van der Waals surface area contributed by atoms with Crippen molar-refractivity contribution < 1.29 is 13.2 Å². The fourth-order valence-corrected chi connectivity index (χ4v) is 4.75. The fraction of sp³-hybridized carbons (Fsp3) is 0.833. The van der Waals surface area contributed by atoms with Gasteiger partial charge in [-0.2, -0.15) is 0 Å². The van der Waals surface area contributed by atoms with Gasteiger partial charge in [-0.15, -0.1) is 0 Å². The molecule has 2 rings (SSSR count). The standard InChI is InChI=1S/C18H32N2O3S/c1-15(2)16-6-4-11-20(14-16)18(21)7-5-10-19-12-8-17(9-13-19)24(3,22)23/h5,7,15-17H,4,6,8-14H2,1-3H3/b7-5+. The Morgan fingerprint density at radius 1 is 1.17 bits per heavy atom. The second-order valence-corrected chi connectivity index (χ2v) is 9.99. The van der Waals surface area contributed by atoms with Crippen molar-refractivity contribution in [2.45, 2.75) is 44.8 Å². The van der Waals surface area contributed by atoms with Crippen LogP contribution in [-0.2, 0) is 14.6 Å². The summed E-state index contributed by atoms with van der Waals surface area (Å²) in [6.07, 6.45) is 8.68. The van der Waals surface area contributed by atoms with Gasteiger partial charge >= 0.3 is 0 Å². The first-order chi connectivity index (χ1) is 11.3. The van der Waals surface area contributed by atoms with Gasteiger partial charge in [0.25, 0.3) is 0 Å². The fourth-order valence-electron chi connectivity index (χ4n) is 3.68. The predicted octanol–water partition coefficient (Wildman–Crippen LogP) is 1.95. The van der Waals surface area contributed by atoms with Gasteiger partial charge in [0.15, 0.2) is 0 Å². The second kappa shape index (κ2) is 8.48. The van der Waals surface area contributed by atoms with Crippen LogP contribution in [0, 0.1) is 11.8 Å². The molecule has 6 heteroatoms. The molecule has 2 aliphatic rings. The van der Waals surface area contributed by atoms with Crippen molar-refractivity contribution in [3.05, 3.63) is 12.2 Å². The van der Waals surface area contributed by atoms with Crippen molar-refractivity contribution >= 4 is 15.7 Å². The zero-order valence-corrected chi connectivity index (χ0v) is 16.1. The maximum Gasteiger partial charge on any atom is 0.246 e. The number of nitrogens with zero attached hydrogens (tertiary/aromatic N) is 2. The highest BCUT2D eigenvalue weighted by molar-refractivity contribution is 7.91. The van der Waals surface area contributed by atoms with Gasteiger partial charge in [0.1, 0.15) is 9.84 Å². The number of carbonyl (C=O) groups excluding carboxylic acids is 1. The van der Waals surface area contributed by atoms with Crippen molar-refractivity contribution in [1.82, 2.24) is 9.80 Å². The summed E-state index contributed by atoms with van der Waals surface area (Å²) in [5.74, 6) is 1.36. The molecular formula is C18H32N2O3S. The topological polar surface area (TPSA) is 57.7 Å². The number of amides is 1. The minimum atomic E-state index is -2.92. The van der Waals surface area contributed by atoms with Gasteiger partial charge in [0.2, 0.25) is 5.91 Å². The molecule has 2 aliphatic heterocycles. The Labute approximate surface area is 147 Å². The summed E-state index contributed by atoms with van der Waals surface area (Å²) >= 11 is 0. The molecule has 1 unspecified atom stereocenters. The molecule has 0 aromatic heterocycles. The molecule has 0 aliphatic carbocycles. The molecule has 2 fully saturated rings. The van der Waals surface area contributed by atoms with Crippen LogP contribution < -0.4 is 0 Å². The van der Waals surface area contributed by atoms with E-state index >= 15 is 0 Å². The number of hydrogen-bond donors (Lipinski definition) is 0. The lowest BCUT2D eigenvalue weighted by Gasteiger charge is -2.34. The number of hydrogen-bond acceptors (Lipinski definition) is 4. The van der Waals surface area contributed by atoms with Crippen LogP contribution in [0.5, 0.6) is 0 Å². The van der Waals surface area contributed by atoms with E-state index in [2.05, 4.69) is 18.7 Å². The third-order valence-corrected chi connectivity index (χ3v) is 7.16. The van der Waals surface area contributed by atoms with Gasteiger partial charge in [0.05, 0.1) is 5.25 Å². The predicted molar refractivity (Wildman–Crippen MR) is 97.6 cm³/mol. The summed E-state index contributed by atoms with van der Waals surface area (Å²) in [5, 5.41) is -0.194. The Balaban J connectivity index is 1.75. The molecular weight excluding hydrogens is 324 g/mol. The molecule has 0 radical (unpaired) electrons. The number of rotatable bonds is 5. The number of likely N-dealkylation sites (tertiary alicyclic amines) is 2. The molecule has 0 bridgehead atoms. The first-order valence-electron chi connectivity index (χ1n) is 9.14. The lowest BCUT2D eigenvalue weighted by molar-refractivity contribution is -0.128. The molecule has 138 valence electrons. The third-order valence-electron chi connectivity index (χ3n) is 5.48. The minimum Gasteiger partial charge on any atom is -0.339 e. The van der Waals surface area contributed by atoms with Crippen LogP contribution in [0.15, 0.2) is 12.2 Å². The van der Waals surface area contributed by atoms with Gasteiger partial charge in [0, 0.05) is 32.0 Å². The van der Waals surface area contributed by atoms with E-state index < -0.39 is 9.84 Å². The van der Waals surface area contributed by atoms with Gasteiger partial charge < -0.3 is 4.90 Å². The number of piperidine rings is 2. The summed E-state index contributed by atoms with van der Waals surface area (Å²) in [4.78, 5) is 16.5. The van der Waals surface area contributed by atoms with Gasteiger partial charge in [-0.05, 0) is 50.6 Å². The summed E-state index contributed by atoms with van der Waals surface area (Å²) in [6.45, 7) is 8.50. The van der Waals surface area contributed by atoms with Crippen molar-refractivity contribution in [2.75, 3.05) is 39.0 Å². The van der Waals surface area contributed by atoms with E-state index in [0.717, 1.165) is 39.1 Å². The van der Waals surface area contributed by atoms with E-state index in [9.17, 15) is 13.2 Å². The molecule has 24 heavy (non-hydrogen) atoms. The summed E-state index contributed by atoms with van der Waals surface area (Å²) in [6, 6.07) is 0. The Bertz CT molecular complexity index is 549. The third kappa shape index (κ3) is 5.59. The highest BCUT2D eigenvalue weighted by atomic mass is 32.2. The van der Waals surface area contributed by atoms with Crippen molar-refractivity contribution in [2.24, 2.45) is 11.8 Å². The SMILES string of the molecule is CC(C)C1CCCN(C(=O)/C=C/CN2CCC(S(C)(=O)=O)CC2)C1. The Morgan fingerprint density at radius 2 is 1.83 bits per heavy atom. The van der Waals surface area contributed by atoms with Crippen LogP contribution in [0.4, 0.5) is 0 Å². The molecule has 0 saturated carbocycles. The smallest absolute Gasteiger partial charge is 0.246 e. The molecule has 0 aromatic carbocycles. The van der Waals surface area contributed by atoms with Crippen molar-refractivity contribution in [3.8, 4) is 0 Å². The van der Waals surface area contributed by atoms with Crippen molar-refractivity contribution in [1.29, 1.82) is 0 Å². The summed E-state index contributed by atoms with van der Waals surface area (Å²) in [5.41, 5.74) is 0. The van der Waals surface area contributed by atoms with Gasteiger partial charge in [-0.25, -0.2) is 8.42 Å². The monoisotopic (exact) mass is 356 g/mol. The maximum absolute atomic E-state index is 12.3. The van der Waals surface area contributed by atoms with Crippen LogP contribution in [-0.4, -0.2) is 68.4 Å². The zero-order chi connectivity index (χ0) is 17.7. The summed E-state index contributed by atoms with van der Waals surface area (Å²) in [7, 11) is -2.92. The number of carbonyl (C=O) groups is 1. The van der Waals surface area contributed by atoms with E-state index in [1.807, 2.05) is 11.0 Å². The lowest BCUT2D eigenvalue weighted by atomic mass is 9.88. The molecule has 2 saturated heterocycles. The minimum absolute atomic E-state index is 0.117. The van der Waals surface area contributed by atoms with Crippen molar-refractivity contribution in [3.63, 3.8) is 0 Å². The highest BCUT2D eigenvalue weighted by Crippen LogP contribution is 2.23. The average molecular weight is 357 g/mol. The highest BCUT2D eigenvalue weighted by Gasteiger charge is 2.26. The van der Waals surface area contributed by atoms with E-state index in [1.54, 1.807) is 6.08 Å². The molecule has 5 nitrogen and oxygen atoms in total. The first kappa shape index (κ1) is 19.4. The van der Waals surface area contributed by atoms with Crippen LogP contribution in [0.1, 0.15) is 39.5 Å². The lowest BCUT2D eigenvalue weighted by Crippen LogP contribution is -2.41. The first-order valence-corrected chi connectivity index (χ1v) is 11.1. The Morgan fingerprint density at radius 3 is 2.42 bits per heavy atom. The van der Waals surface area contributed by atoms with E-state index in [-0.39, 0.29) is 11.2 Å². The van der Waals surface area contributed by atoms with E-state index in [0.29, 0.717) is 24.7 Å². The molecule has 1 amide bonds. The average Bonchev–Trinajstić information content (AvgIpc) is 2.54. The Hall–Kier alpha value is -0.880. The maximum atomic E-state index is 12.3. The summed E-state index contributed by atoms with van der Waals surface area (Å²) < 4.78 is 23.1. The molecule has 0 N–H and O–H groups in total. The molecule has 1 atom stereocenters. The normalized spacial score (nSPS) is 24.8. The molecule has 0 aromatic rings. The van der Waals surface area contributed by atoms with E-state index in [4.69, 9.17) is 0 Å². The van der Waals surface area contributed by atoms with Crippen LogP contribution >= 0.6 is 0 Å². The van der Waals surface area contributed by atoms with Crippen LogP contribution in [0.2, 0.25) is 0 Å². The van der Waals surface area contributed by atoms with Gasteiger partial charge in [-0.1, -0.05) is 19.9 Å². The zero-order valence-electron chi connectivity index (χ0n) is 15.3. The van der Waals surface area contributed by atoms with Gasteiger partial charge in [-0.3, -0.25) is 9.69 Å². The number of sulfone groups is 1. The molecule has 0 spiro atoms. The second-order valence-electron chi connectivity index (χ2n) is 7.66. The molecule has 2 heterocycles.